The third-order valence-corrected chi connectivity index (χ3v) is 4.25. The van der Waals surface area contributed by atoms with E-state index in [1.54, 1.807) is 18.2 Å². The predicted octanol–water partition coefficient (Wildman–Crippen LogP) is 6.27. The number of carboxylic acid groups (broad SMARTS) is 1. The van der Waals surface area contributed by atoms with Gasteiger partial charge in [-0.3, -0.25) is 0 Å². The molecule has 0 aliphatic heterocycles. The maximum absolute atomic E-state index is 12.8. The number of carboxylic acids is 1. The summed E-state index contributed by atoms with van der Waals surface area (Å²) in [6, 6.07) is 25.8. The zero-order chi connectivity index (χ0) is 26.4. The van der Waals surface area contributed by atoms with Gasteiger partial charge >= 0.3 is 12.1 Å². The largest absolute Gasteiger partial charge is 0.482 e. The van der Waals surface area contributed by atoms with Crippen molar-refractivity contribution in [3.05, 3.63) is 96.6 Å². The van der Waals surface area contributed by atoms with Gasteiger partial charge in [0.05, 0.1) is 18.0 Å². The Kier molecular flexibility index (Phi) is 11.2. The molecule has 0 radical (unpaired) electrons. The second-order valence-corrected chi connectivity index (χ2v) is 8.93. The first-order chi connectivity index (χ1) is 17.1. The van der Waals surface area contributed by atoms with Crippen molar-refractivity contribution in [2.45, 2.75) is 32.7 Å². The lowest BCUT2D eigenvalue weighted by Crippen LogP contribution is -2.27. The monoisotopic (exact) mass is 490 g/mol. The molecule has 7 heteroatoms. The first kappa shape index (κ1) is 28.1. The van der Waals surface area contributed by atoms with Crippen LogP contribution in [0.4, 0.5) is 16.2 Å². The van der Waals surface area contributed by atoms with Gasteiger partial charge in [-0.15, -0.1) is 0 Å². The Bertz CT molecular complexity index is 1060. The predicted molar refractivity (Wildman–Crippen MR) is 144 cm³/mol. The summed E-state index contributed by atoms with van der Waals surface area (Å²) in [7, 11) is 0. The SMILES string of the molecule is CC(C)(C)N.O=C(O)COc1cccc(C=CCCOC(=O)N(c2ccccc2)c2ccccc2)c1. The molecular formula is C29H34N2O5. The summed E-state index contributed by atoms with van der Waals surface area (Å²) in [6.07, 6.45) is 3.84. The maximum Gasteiger partial charge on any atom is 0.418 e. The Morgan fingerprint density at radius 1 is 0.917 bits per heavy atom. The number of anilines is 2. The number of nitrogens with two attached hydrogens (primary N) is 1. The number of carbonyl (C=O) groups is 2. The van der Waals surface area contributed by atoms with Crippen LogP contribution < -0.4 is 15.4 Å². The number of hydrogen-bond donors (Lipinski definition) is 2. The van der Waals surface area contributed by atoms with Crippen LogP contribution in [0.5, 0.6) is 5.75 Å². The van der Waals surface area contributed by atoms with Crippen LogP contribution in [0.2, 0.25) is 0 Å². The lowest BCUT2D eigenvalue weighted by Gasteiger charge is -2.22. The summed E-state index contributed by atoms with van der Waals surface area (Å²) in [5.74, 6) is -0.542. The van der Waals surface area contributed by atoms with Gasteiger partial charge in [-0.2, -0.15) is 0 Å². The van der Waals surface area contributed by atoms with Gasteiger partial charge in [0.25, 0.3) is 0 Å². The molecule has 0 spiro atoms. The zero-order valence-corrected chi connectivity index (χ0v) is 21.0. The smallest absolute Gasteiger partial charge is 0.418 e. The fraction of sp³-hybridized carbons (Fsp3) is 0.241. The molecule has 0 atom stereocenters. The molecule has 0 aromatic heterocycles. The molecule has 7 nitrogen and oxygen atoms in total. The van der Waals surface area contributed by atoms with Gasteiger partial charge in [-0.25, -0.2) is 14.5 Å². The van der Waals surface area contributed by atoms with Crippen molar-refractivity contribution in [1.82, 2.24) is 0 Å². The van der Waals surface area contributed by atoms with Crippen molar-refractivity contribution in [1.29, 1.82) is 0 Å². The van der Waals surface area contributed by atoms with Crippen molar-refractivity contribution in [2.75, 3.05) is 18.1 Å². The molecule has 3 N–H and O–H groups in total. The Balaban J connectivity index is 0.000000830. The third kappa shape index (κ3) is 11.4. The highest BCUT2D eigenvalue weighted by Crippen LogP contribution is 2.25. The minimum atomic E-state index is -1.03. The highest BCUT2D eigenvalue weighted by molar-refractivity contribution is 5.95. The second-order valence-electron chi connectivity index (χ2n) is 8.93. The number of amides is 1. The molecule has 190 valence electrons. The quantitative estimate of drug-likeness (QED) is 0.343. The van der Waals surface area contributed by atoms with Crippen LogP contribution in [-0.4, -0.2) is 35.9 Å². The first-order valence-electron chi connectivity index (χ1n) is 11.6. The van der Waals surface area contributed by atoms with Crippen molar-refractivity contribution in [3.63, 3.8) is 0 Å². The van der Waals surface area contributed by atoms with Crippen molar-refractivity contribution < 1.29 is 24.2 Å². The zero-order valence-electron chi connectivity index (χ0n) is 21.0. The lowest BCUT2D eigenvalue weighted by molar-refractivity contribution is -0.139. The van der Waals surface area contributed by atoms with E-state index in [4.69, 9.17) is 20.3 Å². The molecular weight excluding hydrogens is 456 g/mol. The average molecular weight is 491 g/mol. The van der Waals surface area contributed by atoms with Crippen LogP contribution in [0, 0.1) is 0 Å². The van der Waals surface area contributed by atoms with Crippen LogP contribution in [-0.2, 0) is 9.53 Å². The highest BCUT2D eigenvalue weighted by atomic mass is 16.6. The third-order valence-electron chi connectivity index (χ3n) is 4.25. The Hall–Kier alpha value is -4.10. The van der Waals surface area contributed by atoms with E-state index in [2.05, 4.69) is 0 Å². The van der Waals surface area contributed by atoms with Crippen LogP contribution in [0.1, 0.15) is 32.8 Å². The fourth-order valence-corrected chi connectivity index (χ4v) is 2.87. The van der Waals surface area contributed by atoms with Crippen molar-refractivity contribution in [3.8, 4) is 5.75 Å². The summed E-state index contributed by atoms with van der Waals surface area (Å²) < 4.78 is 10.7. The summed E-state index contributed by atoms with van der Waals surface area (Å²) in [5, 5.41) is 8.69. The number of aliphatic carboxylic acids is 1. The number of hydrogen-bond acceptors (Lipinski definition) is 5. The van der Waals surface area contributed by atoms with E-state index < -0.39 is 12.1 Å². The molecule has 0 aliphatic rings. The van der Waals surface area contributed by atoms with Crippen molar-refractivity contribution >= 4 is 29.5 Å². The van der Waals surface area contributed by atoms with Gasteiger partial charge < -0.3 is 20.3 Å². The van der Waals surface area contributed by atoms with E-state index in [1.807, 2.05) is 99.7 Å². The maximum atomic E-state index is 12.8. The van der Waals surface area contributed by atoms with Crippen LogP contribution in [0.15, 0.2) is 91.0 Å². The van der Waals surface area contributed by atoms with Crippen molar-refractivity contribution in [2.24, 2.45) is 5.73 Å². The summed E-state index contributed by atoms with van der Waals surface area (Å²) in [4.78, 5) is 24.9. The standard InChI is InChI=1S/C25H23NO5.C4H11N/c27-24(28)19-31-23-16-9-11-20(18-23)10-7-8-17-30-25(29)26(21-12-3-1-4-13-21)22-14-5-2-6-15-22;1-4(2,3)5/h1-7,9-16,18H,8,17,19H2,(H,27,28);5H2,1-3H3. The molecule has 3 aromatic rings. The summed E-state index contributed by atoms with van der Waals surface area (Å²) in [6.45, 7) is 5.73. The summed E-state index contributed by atoms with van der Waals surface area (Å²) >= 11 is 0. The minimum absolute atomic E-state index is 0. The molecule has 0 aliphatic carbocycles. The molecule has 0 bridgehead atoms. The van der Waals surface area contributed by atoms with Gasteiger partial charge in [-0.05, 0) is 69.2 Å². The fourth-order valence-electron chi connectivity index (χ4n) is 2.87. The Morgan fingerprint density at radius 3 is 2.00 bits per heavy atom. The van der Waals surface area contributed by atoms with Gasteiger partial charge in [0.2, 0.25) is 0 Å². The molecule has 0 fully saturated rings. The van der Waals surface area contributed by atoms with Gasteiger partial charge in [0.15, 0.2) is 6.61 Å². The number of para-hydroxylation sites is 2. The van der Waals surface area contributed by atoms with E-state index in [1.165, 1.54) is 4.90 Å². The number of nitrogens with zero attached hydrogens (tertiary/aromatic N) is 1. The van der Waals surface area contributed by atoms with Gasteiger partial charge in [0, 0.05) is 5.54 Å². The van der Waals surface area contributed by atoms with E-state index in [-0.39, 0.29) is 18.8 Å². The topological polar surface area (TPSA) is 102 Å². The number of benzene rings is 3. The van der Waals surface area contributed by atoms with Crippen LogP contribution >= 0.6 is 0 Å². The molecule has 36 heavy (non-hydrogen) atoms. The second kappa shape index (κ2) is 14.3. The van der Waals surface area contributed by atoms with Crippen LogP contribution in [0.25, 0.3) is 6.08 Å². The molecule has 1 amide bonds. The van der Waals surface area contributed by atoms with E-state index in [0.29, 0.717) is 12.2 Å². The van der Waals surface area contributed by atoms with Gasteiger partial charge in [0.1, 0.15) is 5.75 Å². The van der Waals surface area contributed by atoms with E-state index in [0.717, 1.165) is 16.9 Å². The molecule has 3 rings (SSSR count). The van der Waals surface area contributed by atoms with Gasteiger partial charge in [-0.1, -0.05) is 60.7 Å². The normalized spacial score (nSPS) is 10.8. The molecule has 3 aromatic carbocycles. The number of carbonyl (C=O) groups excluding carboxylic acids is 1. The van der Waals surface area contributed by atoms with Crippen LogP contribution in [0.3, 0.4) is 0 Å². The molecule has 0 heterocycles. The number of ether oxygens (including phenoxy) is 2. The minimum Gasteiger partial charge on any atom is -0.482 e. The number of rotatable bonds is 9. The molecule has 0 unspecified atom stereocenters. The average Bonchev–Trinajstić information content (AvgIpc) is 2.83. The molecule has 0 saturated heterocycles. The molecule has 0 saturated carbocycles. The summed E-state index contributed by atoms with van der Waals surface area (Å²) in [5.41, 5.74) is 7.68. The van der Waals surface area contributed by atoms with E-state index >= 15 is 0 Å². The lowest BCUT2D eigenvalue weighted by atomic mass is 10.1. The highest BCUT2D eigenvalue weighted by Gasteiger charge is 2.18. The Labute approximate surface area is 212 Å². The van der Waals surface area contributed by atoms with E-state index in [9.17, 15) is 9.59 Å². The first-order valence-corrected chi connectivity index (χ1v) is 11.6. The Morgan fingerprint density at radius 2 is 1.47 bits per heavy atom.